The van der Waals surface area contributed by atoms with Crippen molar-refractivity contribution < 1.29 is 13.6 Å². The van der Waals surface area contributed by atoms with Crippen molar-refractivity contribution in [3.63, 3.8) is 0 Å². The minimum atomic E-state index is -0.275. The van der Waals surface area contributed by atoms with Gasteiger partial charge in [-0.3, -0.25) is 4.79 Å². The summed E-state index contributed by atoms with van der Waals surface area (Å²) in [5.41, 5.74) is 0.924. The van der Waals surface area contributed by atoms with Crippen molar-refractivity contribution in [3.8, 4) is 0 Å². The standard InChI is InChI=1S/C20H24N4O3S/c1-4-9-24(3)18-11-14(2)22-20(23-18)28-13-16-7-8-17(27-16)19(25)21-12-15-6-5-10-26-15/h5-8,10-11H,4,9,12-13H2,1-3H3,(H,21,25). The lowest BCUT2D eigenvalue weighted by atomic mass is 10.4. The van der Waals surface area contributed by atoms with Gasteiger partial charge in [0.05, 0.1) is 18.6 Å². The molecule has 0 atom stereocenters. The first-order chi connectivity index (χ1) is 13.5. The average Bonchev–Trinajstić information content (AvgIpc) is 3.36. The van der Waals surface area contributed by atoms with Crippen LogP contribution in [0.4, 0.5) is 5.82 Å². The lowest BCUT2D eigenvalue weighted by Crippen LogP contribution is -2.21. The van der Waals surface area contributed by atoms with Crippen LogP contribution in [0.15, 0.2) is 50.6 Å². The number of nitrogens with zero attached hydrogens (tertiary/aromatic N) is 3. The molecule has 3 heterocycles. The molecule has 0 saturated heterocycles. The molecule has 0 bridgehead atoms. The number of thioether (sulfide) groups is 1. The van der Waals surface area contributed by atoms with Gasteiger partial charge in [-0.05, 0) is 37.6 Å². The van der Waals surface area contributed by atoms with E-state index in [4.69, 9.17) is 8.83 Å². The van der Waals surface area contributed by atoms with Crippen molar-refractivity contribution in [3.05, 3.63) is 59.6 Å². The van der Waals surface area contributed by atoms with Gasteiger partial charge in [0.1, 0.15) is 17.3 Å². The summed E-state index contributed by atoms with van der Waals surface area (Å²) >= 11 is 1.48. The predicted molar refractivity (Wildman–Crippen MR) is 108 cm³/mol. The van der Waals surface area contributed by atoms with Gasteiger partial charge in [0.2, 0.25) is 0 Å². The van der Waals surface area contributed by atoms with Gasteiger partial charge in [0.25, 0.3) is 5.91 Å². The molecule has 0 radical (unpaired) electrons. The Labute approximate surface area is 168 Å². The van der Waals surface area contributed by atoms with Crippen LogP contribution < -0.4 is 10.2 Å². The summed E-state index contributed by atoms with van der Waals surface area (Å²) in [5, 5.41) is 3.46. The van der Waals surface area contributed by atoms with E-state index in [9.17, 15) is 4.79 Å². The predicted octanol–water partition coefficient (Wildman–Crippen LogP) is 4.04. The summed E-state index contributed by atoms with van der Waals surface area (Å²) in [7, 11) is 2.03. The zero-order valence-electron chi connectivity index (χ0n) is 16.3. The highest BCUT2D eigenvalue weighted by molar-refractivity contribution is 7.98. The maximum atomic E-state index is 12.2. The molecule has 0 saturated carbocycles. The molecule has 0 aliphatic carbocycles. The summed E-state index contributed by atoms with van der Waals surface area (Å²) in [6.45, 7) is 5.36. The molecule has 1 amide bonds. The number of nitrogens with one attached hydrogen (secondary N) is 1. The lowest BCUT2D eigenvalue weighted by Gasteiger charge is -2.17. The number of hydrogen-bond donors (Lipinski definition) is 1. The van der Waals surface area contributed by atoms with Crippen LogP contribution in [0.2, 0.25) is 0 Å². The molecule has 7 nitrogen and oxygen atoms in total. The maximum absolute atomic E-state index is 12.2. The molecule has 0 fully saturated rings. The van der Waals surface area contributed by atoms with Gasteiger partial charge in [-0.25, -0.2) is 9.97 Å². The molecule has 148 valence electrons. The molecule has 0 unspecified atom stereocenters. The van der Waals surface area contributed by atoms with Crippen molar-refractivity contribution in [2.75, 3.05) is 18.5 Å². The van der Waals surface area contributed by atoms with Crippen molar-refractivity contribution in [2.24, 2.45) is 0 Å². The number of anilines is 1. The highest BCUT2D eigenvalue weighted by atomic mass is 32.2. The molecule has 3 rings (SSSR count). The van der Waals surface area contributed by atoms with Crippen LogP contribution in [0.3, 0.4) is 0 Å². The summed E-state index contributed by atoms with van der Waals surface area (Å²) in [6, 6.07) is 9.04. The molecule has 0 spiro atoms. The fourth-order valence-electron chi connectivity index (χ4n) is 2.62. The number of carbonyl (C=O) groups excluding carboxylic acids is 1. The van der Waals surface area contributed by atoms with Crippen LogP contribution in [0.25, 0.3) is 0 Å². The van der Waals surface area contributed by atoms with E-state index >= 15 is 0 Å². The maximum Gasteiger partial charge on any atom is 0.287 e. The van der Waals surface area contributed by atoms with Crippen LogP contribution >= 0.6 is 11.8 Å². The van der Waals surface area contributed by atoms with Crippen LogP contribution in [0, 0.1) is 6.92 Å². The van der Waals surface area contributed by atoms with Gasteiger partial charge >= 0.3 is 0 Å². The van der Waals surface area contributed by atoms with E-state index in [0.717, 1.165) is 24.5 Å². The Hall–Kier alpha value is -2.74. The number of aromatic nitrogens is 2. The van der Waals surface area contributed by atoms with Crippen LogP contribution in [-0.4, -0.2) is 29.5 Å². The Morgan fingerprint density at radius 1 is 1.25 bits per heavy atom. The van der Waals surface area contributed by atoms with E-state index in [1.165, 1.54) is 11.8 Å². The first kappa shape index (κ1) is 20.0. The quantitative estimate of drug-likeness (QED) is 0.429. The average molecular weight is 401 g/mol. The van der Waals surface area contributed by atoms with E-state index in [1.54, 1.807) is 30.5 Å². The second-order valence-electron chi connectivity index (χ2n) is 6.39. The van der Waals surface area contributed by atoms with Gasteiger partial charge in [-0.2, -0.15) is 0 Å². The van der Waals surface area contributed by atoms with E-state index in [2.05, 4.69) is 27.1 Å². The van der Waals surface area contributed by atoms with E-state index in [1.807, 2.05) is 20.0 Å². The van der Waals surface area contributed by atoms with Crippen LogP contribution in [-0.2, 0) is 12.3 Å². The van der Waals surface area contributed by atoms with Gasteiger partial charge < -0.3 is 19.1 Å². The Morgan fingerprint density at radius 3 is 2.86 bits per heavy atom. The summed E-state index contributed by atoms with van der Waals surface area (Å²) in [6.07, 6.45) is 2.63. The molecular formula is C20H24N4O3S. The van der Waals surface area contributed by atoms with Crippen molar-refractivity contribution >= 4 is 23.5 Å². The second kappa shape index (κ2) is 9.45. The minimum absolute atomic E-state index is 0.274. The number of amides is 1. The third-order valence-corrected chi connectivity index (χ3v) is 4.87. The minimum Gasteiger partial charge on any atom is -0.467 e. The second-order valence-corrected chi connectivity index (χ2v) is 7.33. The molecule has 28 heavy (non-hydrogen) atoms. The summed E-state index contributed by atoms with van der Waals surface area (Å²) < 4.78 is 10.9. The van der Waals surface area contributed by atoms with Crippen LogP contribution in [0.5, 0.6) is 0 Å². The molecule has 0 aromatic carbocycles. The zero-order valence-corrected chi connectivity index (χ0v) is 17.1. The fraction of sp³-hybridized carbons (Fsp3) is 0.350. The Morgan fingerprint density at radius 2 is 2.11 bits per heavy atom. The molecule has 3 aromatic rings. The topological polar surface area (TPSA) is 84.4 Å². The third-order valence-electron chi connectivity index (χ3n) is 4.00. The van der Waals surface area contributed by atoms with Gasteiger partial charge in [-0.1, -0.05) is 18.7 Å². The first-order valence-corrected chi connectivity index (χ1v) is 10.1. The normalized spacial score (nSPS) is 10.8. The highest BCUT2D eigenvalue weighted by Crippen LogP contribution is 2.23. The molecule has 3 aromatic heterocycles. The summed E-state index contributed by atoms with van der Waals surface area (Å²) in [5.74, 6) is 2.84. The smallest absolute Gasteiger partial charge is 0.287 e. The fourth-order valence-corrected chi connectivity index (χ4v) is 3.41. The number of carbonyl (C=O) groups is 1. The SMILES string of the molecule is CCCN(C)c1cc(C)nc(SCc2ccc(C(=O)NCc3ccco3)o2)n1. The van der Waals surface area contributed by atoms with E-state index < -0.39 is 0 Å². The largest absolute Gasteiger partial charge is 0.467 e. The zero-order chi connectivity index (χ0) is 19.9. The number of furan rings is 2. The first-order valence-electron chi connectivity index (χ1n) is 9.14. The monoisotopic (exact) mass is 400 g/mol. The van der Waals surface area contributed by atoms with Gasteiger partial charge in [0, 0.05) is 25.4 Å². The number of hydrogen-bond acceptors (Lipinski definition) is 7. The lowest BCUT2D eigenvalue weighted by molar-refractivity contribution is 0.0919. The summed E-state index contributed by atoms with van der Waals surface area (Å²) in [4.78, 5) is 23.4. The Kier molecular flexibility index (Phi) is 6.76. The van der Waals surface area contributed by atoms with Crippen LogP contribution in [0.1, 0.15) is 41.1 Å². The molecule has 1 N–H and O–H groups in total. The molecular weight excluding hydrogens is 376 g/mol. The molecule has 0 aliphatic rings. The molecule has 0 aliphatic heterocycles. The third kappa shape index (κ3) is 5.39. The number of rotatable bonds is 9. The van der Waals surface area contributed by atoms with Gasteiger partial charge in [-0.15, -0.1) is 0 Å². The van der Waals surface area contributed by atoms with Crippen molar-refractivity contribution in [2.45, 2.75) is 37.7 Å². The van der Waals surface area contributed by atoms with Crippen molar-refractivity contribution in [1.29, 1.82) is 0 Å². The number of aryl methyl sites for hydroxylation is 1. The molecule has 8 heteroatoms. The van der Waals surface area contributed by atoms with E-state index in [-0.39, 0.29) is 11.7 Å². The Bertz CT molecular complexity index is 908. The van der Waals surface area contributed by atoms with E-state index in [0.29, 0.717) is 29.0 Å². The van der Waals surface area contributed by atoms with Gasteiger partial charge in [0.15, 0.2) is 10.9 Å². The Balaban J connectivity index is 1.57. The highest BCUT2D eigenvalue weighted by Gasteiger charge is 2.13. The van der Waals surface area contributed by atoms with Crippen molar-refractivity contribution in [1.82, 2.24) is 15.3 Å².